The van der Waals surface area contributed by atoms with Crippen LogP contribution < -0.4 is 15.5 Å². The van der Waals surface area contributed by atoms with Crippen LogP contribution in [-0.4, -0.2) is 57.0 Å². The van der Waals surface area contributed by atoms with Crippen molar-refractivity contribution in [1.29, 1.82) is 0 Å². The van der Waals surface area contributed by atoms with E-state index in [0.29, 0.717) is 13.0 Å². The van der Waals surface area contributed by atoms with Gasteiger partial charge in [0.2, 0.25) is 10.0 Å². The van der Waals surface area contributed by atoms with Crippen molar-refractivity contribution in [3.05, 3.63) is 56.5 Å². The van der Waals surface area contributed by atoms with Crippen molar-refractivity contribution in [3.63, 3.8) is 0 Å². The zero-order chi connectivity index (χ0) is 25.2. The highest BCUT2D eigenvalue weighted by atomic mass is 79.9. The van der Waals surface area contributed by atoms with Gasteiger partial charge in [0.1, 0.15) is 0 Å². The molecule has 2 heterocycles. The number of nitrogens with zero attached hydrogens (tertiary/aromatic N) is 2. The molecule has 0 radical (unpaired) electrons. The second-order valence-corrected chi connectivity index (χ2v) is 13.2. The van der Waals surface area contributed by atoms with Gasteiger partial charge in [-0.1, -0.05) is 31.9 Å². The fourth-order valence-corrected chi connectivity index (χ4v) is 7.62. The third-order valence-corrected chi connectivity index (χ3v) is 9.57. The van der Waals surface area contributed by atoms with Crippen molar-refractivity contribution in [2.45, 2.75) is 56.5 Å². The van der Waals surface area contributed by atoms with Gasteiger partial charge in [0.15, 0.2) is 0 Å². The number of hydrogen-bond donors (Lipinski definition) is 2. The summed E-state index contributed by atoms with van der Waals surface area (Å²) in [5, 5.41) is 6.16. The molecule has 2 N–H and O–H groups in total. The first-order valence-electron chi connectivity index (χ1n) is 12.0. The first kappa shape index (κ1) is 26.4. The number of benzene rings is 2. The molecule has 35 heavy (non-hydrogen) atoms. The summed E-state index contributed by atoms with van der Waals surface area (Å²) in [7, 11) is -3.59. The van der Waals surface area contributed by atoms with E-state index < -0.39 is 10.0 Å². The molecule has 2 unspecified atom stereocenters. The quantitative estimate of drug-likeness (QED) is 0.492. The van der Waals surface area contributed by atoms with Crippen molar-refractivity contribution in [2.24, 2.45) is 0 Å². The molecule has 2 saturated heterocycles. The van der Waals surface area contributed by atoms with Crippen LogP contribution in [0.2, 0.25) is 0 Å². The normalized spacial score (nSPS) is 21.5. The molecule has 2 atom stereocenters. The molecule has 190 valence electrons. The van der Waals surface area contributed by atoms with Gasteiger partial charge in [-0.2, -0.15) is 4.31 Å². The van der Waals surface area contributed by atoms with Crippen molar-refractivity contribution < 1.29 is 13.2 Å². The van der Waals surface area contributed by atoms with E-state index in [9.17, 15) is 13.2 Å². The fraction of sp³-hybridized carbons (Fsp3) is 0.480. The van der Waals surface area contributed by atoms with Gasteiger partial charge in [0, 0.05) is 52.9 Å². The zero-order valence-corrected chi connectivity index (χ0v) is 24.0. The first-order valence-corrected chi connectivity index (χ1v) is 15.0. The Morgan fingerprint density at radius 1 is 0.886 bits per heavy atom. The third kappa shape index (κ3) is 6.39. The van der Waals surface area contributed by atoms with Gasteiger partial charge >= 0.3 is 6.03 Å². The maximum atomic E-state index is 13.1. The summed E-state index contributed by atoms with van der Waals surface area (Å²) >= 11 is 6.91. The SMILES string of the molecule is Cc1cc(Br)cc(C)c1N1CCCC(NC(=O)NC2CCCN(S(=O)(=O)c3ccc(Br)cc3)C2)C1. The Bertz CT molecular complexity index is 1150. The van der Waals surface area contributed by atoms with E-state index in [1.165, 1.54) is 21.1 Å². The number of sulfonamides is 1. The topological polar surface area (TPSA) is 81.8 Å². The van der Waals surface area contributed by atoms with Crippen LogP contribution in [0.4, 0.5) is 10.5 Å². The highest BCUT2D eigenvalue weighted by molar-refractivity contribution is 9.10. The van der Waals surface area contributed by atoms with Crippen LogP contribution in [0.3, 0.4) is 0 Å². The zero-order valence-electron chi connectivity index (χ0n) is 20.1. The van der Waals surface area contributed by atoms with Crippen molar-refractivity contribution in [2.75, 3.05) is 31.1 Å². The van der Waals surface area contributed by atoms with E-state index in [2.05, 4.69) is 73.4 Å². The standard InChI is InChI=1S/C25H32Br2N4O3S/c1-17-13-20(27)14-18(2)24(17)30-11-3-5-21(15-30)28-25(32)29-22-6-4-12-31(16-22)35(33,34)23-9-7-19(26)8-10-23/h7-10,13-14,21-22H,3-6,11-12,15-16H2,1-2H3,(H2,28,29,32). The number of halogens is 2. The molecule has 0 aliphatic carbocycles. The second kappa shape index (κ2) is 11.2. The van der Waals surface area contributed by atoms with Gasteiger partial charge in [0.05, 0.1) is 4.90 Å². The minimum Gasteiger partial charge on any atom is -0.369 e. The van der Waals surface area contributed by atoms with Gasteiger partial charge < -0.3 is 15.5 Å². The molecule has 0 saturated carbocycles. The first-order chi connectivity index (χ1) is 16.6. The summed E-state index contributed by atoms with van der Waals surface area (Å²) in [6, 6.07) is 10.5. The highest BCUT2D eigenvalue weighted by Crippen LogP contribution is 2.30. The number of hydrogen-bond acceptors (Lipinski definition) is 4. The summed E-state index contributed by atoms with van der Waals surface area (Å²) < 4.78 is 29.5. The molecular formula is C25H32Br2N4O3S. The largest absolute Gasteiger partial charge is 0.369 e. The number of nitrogens with one attached hydrogen (secondary N) is 2. The van der Waals surface area contributed by atoms with Crippen LogP contribution >= 0.6 is 31.9 Å². The molecule has 2 aromatic carbocycles. The van der Waals surface area contributed by atoms with Crippen LogP contribution in [0.15, 0.2) is 50.2 Å². The number of piperidine rings is 2. The summed E-state index contributed by atoms with van der Waals surface area (Å²) in [6.07, 6.45) is 3.39. The maximum Gasteiger partial charge on any atom is 0.315 e. The Morgan fingerprint density at radius 3 is 2.09 bits per heavy atom. The molecule has 0 bridgehead atoms. The summed E-state index contributed by atoms with van der Waals surface area (Å²) in [5.74, 6) is 0. The van der Waals surface area contributed by atoms with E-state index >= 15 is 0 Å². The predicted molar refractivity (Wildman–Crippen MR) is 146 cm³/mol. The lowest BCUT2D eigenvalue weighted by Crippen LogP contribution is -2.55. The van der Waals surface area contributed by atoms with Crippen LogP contribution in [0.1, 0.15) is 36.8 Å². The number of urea groups is 1. The van der Waals surface area contributed by atoms with Crippen LogP contribution in [0.5, 0.6) is 0 Å². The van der Waals surface area contributed by atoms with Gasteiger partial charge in [-0.15, -0.1) is 0 Å². The molecule has 0 aromatic heterocycles. The van der Waals surface area contributed by atoms with Gasteiger partial charge in [-0.05, 0) is 87.1 Å². The lowest BCUT2D eigenvalue weighted by molar-refractivity contribution is 0.220. The minimum absolute atomic E-state index is 0.0392. The summed E-state index contributed by atoms with van der Waals surface area (Å²) in [4.78, 5) is 15.5. The molecule has 2 aromatic rings. The molecular weight excluding hydrogens is 596 g/mol. The van der Waals surface area contributed by atoms with E-state index in [0.717, 1.165) is 41.3 Å². The van der Waals surface area contributed by atoms with E-state index in [4.69, 9.17) is 0 Å². The smallest absolute Gasteiger partial charge is 0.315 e. The number of carbonyl (C=O) groups is 1. The molecule has 2 fully saturated rings. The maximum absolute atomic E-state index is 13.1. The Balaban J connectivity index is 1.35. The van der Waals surface area contributed by atoms with Gasteiger partial charge in [0.25, 0.3) is 0 Å². The van der Waals surface area contributed by atoms with E-state index in [-0.39, 0.29) is 29.6 Å². The number of aryl methyl sites for hydroxylation is 2. The molecule has 7 nitrogen and oxygen atoms in total. The average molecular weight is 628 g/mol. The lowest BCUT2D eigenvalue weighted by Gasteiger charge is -2.37. The van der Waals surface area contributed by atoms with Crippen molar-refractivity contribution >= 4 is 53.6 Å². The monoisotopic (exact) mass is 626 g/mol. The number of rotatable bonds is 5. The molecule has 2 aliphatic heterocycles. The Hall–Kier alpha value is -1.62. The van der Waals surface area contributed by atoms with Crippen LogP contribution in [-0.2, 0) is 10.0 Å². The average Bonchev–Trinajstić information content (AvgIpc) is 2.79. The molecule has 10 heteroatoms. The van der Waals surface area contributed by atoms with Gasteiger partial charge in [-0.25, -0.2) is 13.2 Å². The fourth-order valence-electron chi connectivity index (χ4n) is 5.15. The summed E-state index contributed by atoms with van der Waals surface area (Å²) in [5.41, 5.74) is 3.67. The second-order valence-electron chi connectivity index (χ2n) is 9.45. The van der Waals surface area contributed by atoms with Crippen LogP contribution in [0.25, 0.3) is 0 Å². The molecule has 0 spiro atoms. The minimum atomic E-state index is -3.59. The predicted octanol–water partition coefficient (Wildman–Crippen LogP) is 4.95. The third-order valence-electron chi connectivity index (χ3n) is 6.70. The van der Waals surface area contributed by atoms with Crippen LogP contribution in [0, 0.1) is 13.8 Å². The number of amides is 2. The lowest BCUT2D eigenvalue weighted by atomic mass is 10.0. The number of carbonyl (C=O) groups excluding carboxylic acids is 1. The van der Waals surface area contributed by atoms with Crippen molar-refractivity contribution in [1.82, 2.24) is 14.9 Å². The number of anilines is 1. The summed E-state index contributed by atoms with van der Waals surface area (Å²) in [6.45, 7) is 6.70. The van der Waals surface area contributed by atoms with Crippen molar-refractivity contribution in [3.8, 4) is 0 Å². The molecule has 2 aliphatic rings. The Morgan fingerprint density at radius 2 is 1.46 bits per heavy atom. The Labute approximate surface area is 224 Å². The Kier molecular flexibility index (Phi) is 8.45. The van der Waals surface area contributed by atoms with Gasteiger partial charge in [-0.3, -0.25) is 0 Å². The molecule has 4 rings (SSSR count). The molecule has 2 amide bonds. The van der Waals surface area contributed by atoms with E-state index in [1.54, 1.807) is 24.3 Å². The van der Waals surface area contributed by atoms with E-state index in [1.807, 2.05) is 0 Å². The highest BCUT2D eigenvalue weighted by Gasteiger charge is 2.31.